The van der Waals surface area contributed by atoms with E-state index in [0.717, 1.165) is 50.1 Å². The first-order valence-electron chi connectivity index (χ1n) is 22.3. The number of furan rings is 1. The fourth-order valence-electron chi connectivity index (χ4n) is 10.8. The summed E-state index contributed by atoms with van der Waals surface area (Å²) in [6, 6.07) is 56.0. The van der Waals surface area contributed by atoms with E-state index in [2.05, 4.69) is 210 Å². The number of nitrogens with zero attached hydrogens (tertiary/aromatic N) is 1. The Kier molecular flexibility index (Phi) is 7.81. The van der Waals surface area contributed by atoms with Gasteiger partial charge in [-0.3, -0.25) is 0 Å². The second-order valence-electron chi connectivity index (χ2n) is 19.3. The minimum atomic E-state index is -0.151. The minimum Gasteiger partial charge on any atom is -0.456 e. The van der Waals surface area contributed by atoms with Gasteiger partial charge in [-0.15, -0.1) is 0 Å². The Bertz CT molecular complexity index is 3710. The molecule has 1 radical (unpaired) electrons. The Labute approximate surface area is 378 Å². The molecule has 5 heteroatoms. The van der Waals surface area contributed by atoms with Gasteiger partial charge in [-0.1, -0.05) is 162 Å². The number of hydrogen-bond donors (Lipinski definition) is 1. The molecule has 0 amide bonds. The molecule has 3 nitrogen and oxygen atoms in total. The second kappa shape index (κ2) is 13.3. The maximum atomic E-state index is 6.59. The van der Waals surface area contributed by atoms with Crippen LogP contribution in [0.3, 0.4) is 0 Å². The zero-order valence-corrected chi connectivity index (χ0v) is 37.4. The maximum Gasteiger partial charge on any atom is 0.197 e. The quantitative estimate of drug-likeness (QED) is 0.179. The average molecular weight is 840 g/mol. The fraction of sp³-hybridized carbons (Fsp3) is 0.119. The van der Waals surface area contributed by atoms with Crippen molar-refractivity contribution in [2.45, 2.75) is 50.3 Å². The van der Waals surface area contributed by atoms with Crippen molar-refractivity contribution in [2.75, 3.05) is 5.32 Å². The van der Waals surface area contributed by atoms with E-state index in [0.29, 0.717) is 0 Å². The first-order valence-corrected chi connectivity index (χ1v) is 23.1. The van der Waals surface area contributed by atoms with Gasteiger partial charge in [0.15, 0.2) is 7.28 Å². The second-order valence-corrected chi connectivity index (χ2v) is 20.4. The van der Waals surface area contributed by atoms with Gasteiger partial charge in [0.05, 0.1) is 5.52 Å². The molecule has 0 fully saturated rings. The third-order valence-corrected chi connectivity index (χ3v) is 15.2. The van der Waals surface area contributed by atoms with Crippen molar-refractivity contribution in [3.8, 4) is 27.9 Å². The summed E-state index contributed by atoms with van der Waals surface area (Å²) >= 11 is 1.83. The number of fused-ring (bicyclic) bond motifs is 12. The molecule has 64 heavy (non-hydrogen) atoms. The summed E-state index contributed by atoms with van der Waals surface area (Å²) in [5.74, 6) is 0. The molecule has 0 saturated heterocycles. The summed E-state index contributed by atoms with van der Waals surface area (Å²) < 4.78 is 9.10. The lowest BCUT2D eigenvalue weighted by Gasteiger charge is -2.28. The molecule has 2 aliphatic heterocycles. The monoisotopic (exact) mass is 839 g/mol. The standard InChI is InChI=1S/C59H44BN2OS/c1-33-26-54(34-14-8-7-9-15-34)64-55-32-51-48(29-41(33)55)60-56-39(24-25-40-44-28-45-38-17-11-13-19-52(38)63-53(45)31-50(44)62(51)57(40)56)43-27-42-37-16-10-12-18-46(37)59(5,6)47(42)30-49(43)61-36-22-20-35(21-23-36)58(2,3)4/h7-32,61H,1H2,2-6H3. The van der Waals surface area contributed by atoms with Gasteiger partial charge in [0, 0.05) is 71.0 Å². The van der Waals surface area contributed by atoms with E-state index < -0.39 is 0 Å². The predicted molar refractivity (Wildman–Crippen MR) is 274 cm³/mol. The van der Waals surface area contributed by atoms with Crippen LogP contribution in [-0.4, -0.2) is 11.8 Å². The molecule has 0 spiro atoms. The van der Waals surface area contributed by atoms with E-state index >= 15 is 0 Å². The van der Waals surface area contributed by atoms with Crippen LogP contribution in [0.1, 0.15) is 62.4 Å². The maximum absolute atomic E-state index is 6.59. The number of hydrogen-bond acceptors (Lipinski definition) is 3. The Morgan fingerprint density at radius 3 is 2.25 bits per heavy atom. The number of benzene rings is 8. The lowest BCUT2D eigenvalue weighted by molar-refractivity contribution is 0.590. The molecular formula is C59H44BN2OS. The summed E-state index contributed by atoms with van der Waals surface area (Å²) in [5.41, 5.74) is 22.1. The molecule has 1 N–H and O–H groups in total. The zero-order chi connectivity index (χ0) is 43.2. The highest BCUT2D eigenvalue weighted by molar-refractivity contribution is 8.08. The first kappa shape index (κ1) is 37.6. The minimum absolute atomic E-state index is 0.0656. The molecule has 0 bridgehead atoms. The van der Waals surface area contributed by atoms with Crippen molar-refractivity contribution in [3.05, 3.63) is 192 Å². The zero-order valence-electron chi connectivity index (χ0n) is 36.6. The highest BCUT2D eigenvalue weighted by Crippen LogP contribution is 2.52. The number of anilines is 2. The fourth-order valence-corrected chi connectivity index (χ4v) is 11.9. The summed E-state index contributed by atoms with van der Waals surface area (Å²) in [7, 11) is 2.44. The van der Waals surface area contributed by atoms with Gasteiger partial charge in [0.2, 0.25) is 0 Å². The predicted octanol–water partition coefficient (Wildman–Crippen LogP) is 14.8. The van der Waals surface area contributed by atoms with Crippen LogP contribution in [0.5, 0.6) is 0 Å². The summed E-state index contributed by atoms with van der Waals surface area (Å²) in [4.78, 5) is 2.42. The Morgan fingerprint density at radius 1 is 0.641 bits per heavy atom. The van der Waals surface area contributed by atoms with Crippen molar-refractivity contribution >= 4 is 95.6 Å². The van der Waals surface area contributed by atoms with Crippen molar-refractivity contribution in [2.24, 2.45) is 0 Å². The van der Waals surface area contributed by atoms with Crippen LogP contribution in [0.15, 0.2) is 174 Å². The van der Waals surface area contributed by atoms with Gasteiger partial charge < -0.3 is 14.3 Å². The average Bonchev–Trinajstić information content (AvgIpc) is 3.90. The Morgan fingerprint density at radius 2 is 1.42 bits per heavy atom. The van der Waals surface area contributed by atoms with Crippen LogP contribution in [0.4, 0.5) is 11.4 Å². The Balaban J connectivity index is 1.07. The Hall–Kier alpha value is -6.95. The third kappa shape index (κ3) is 5.43. The number of rotatable bonds is 4. The molecule has 1 aliphatic carbocycles. The summed E-state index contributed by atoms with van der Waals surface area (Å²) in [6.07, 6.45) is 2.24. The van der Waals surface area contributed by atoms with Gasteiger partial charge in [-0.2, -0.15) is 0 Å². The van der Waals surface area contributed by atoms with Crippen molar-refractivity contribution < 1.29 is 4.42 Å². The van der Waals surface area contributed by atoms with Crippen LogP contribution in [-0.2, 0) is 10.8 Å². The third-order valence-electron chi connectivity index (χ3n) is 14.1. The topological polar surface area (TPSA) is 30.1 Å². The van der Waals surface area contributed by atoms with Gasteiger partial charge >= 0.3 is 0 Å². The van der Waals surface area contributed by atoms with E-state index in [4.69, 9.17) is 4.42 Å². The van der Waals surface area contributed by atoms with Gasteiger partial charge in [-0.05, 0) is 109 Å². The molecule has 3 aliphatic rings. The molecule has 305 valence electrons. The van der Waals surface area contributed by atoms with E-state index in [1.54, 1.807) is 0 Å². The van der Waals surface area contributed by atoms with Crippen LogP contribution >= 0.6 is 11.8 Å². The molecule has 4 heterocycles. The molecule has 8 aromatic carbocycles. The first-order chi connectivity index (χ1) is 31.0. The molecule has 0 unspecified atom stereocenters. The van der Waals surface area contributed by atoms with E-state index in [9.17, 15) is 0 Å². The molecule has 13 rings (SSSR count). The van der Waals surface area contributed by atoms with E-state index in [-0.39, 0.29) is 10.8 Å². The van der Waals surface area contributed by atoms with Gasteiger partial charge in [-0.25, -0.2) is 0 Å². The molecule has 0 atom stereocenters. The molecule has 10 aromatic rings. The van der Waals surface area contributed by atoms with Crippen LogP contribution in [0.25, 0.3) is 82.2 Å². The lowest BCUT2D eigenvalue weighted by Crippen LogP contribution is -2.37. The molecule has 2 aromatic heterocycles. The van der Waals surface area contributed by atoms with Crippen molar-refractivity contribution in [3.63, 3.8) is 0 Å². The highest BCUT2D eigenvalue weighted by atomic mass is 32.2. The van der Waals surface area contributed by atoms with Gasteiger partial charge in [0.25, 0.3) is 0 Å². The van der Waals surface area contributed by atoms with E-state index in [1.807, 2.05) is 17.8 Å². The smallest absolute Gasteiger partial charge is 0.197 e. The normalized spacial score (nSPS) is 14.6. The van der Waals surface area contributed by atoms with E-state index in [1.165, 1.54) is 87.1 Å². The van der Waals surface area contributed by atoms with Crippen LogP contribution in [0.2, 0.25) is 0 Å². The van der Waals surface area contributed by atoms with Crippen molar-refractivity contribution in [1.82, 2.24) is 4.57 Å². The number of aromatic nitrogens is 1. The summed E-state index contributed by atoms with van der Waals surface area (Å²) in [5, 5.41) is 8.67. The molecular weight excluding hydrogens is 796 g/mol. The number of allylic oxidation sites excluding steroid dienone is 2. The molecule has 0 saturated carbocycles. The number of para-hydroxylation sites is 1. The highest BCUT2D eigenvalue weighted by Gasteiger charge is 2.37. The van der Waals surface area contributed by atoms with Crippen molar-refractivity contribution in [1.29, 1.82) is 0 Å². The van der Waals surface area contributed by atoms with Crippen LogP contribution < -0.4 is 16.2 Å². The van der Waals surface area contributed by atoms with Gasteiger partial charge in [0.1, 0.15) is 11.2 Å². The number of nitrogens with one attached hydrogen (secondary N) is 1. The SMILES string of the molecule is C=C1C=C(c2ccccc2)Sc2cc3c(cc21)[B]c1c(-c2cc4c(cc2Nc2ccc(C(C)(C)C)cc2)C(C)(C)c2ccccc2-4)ccc2c4cc5c(cc4n-3c12)oc1ccccc15. The van der Waals surface area contributed by atoms with Crippen LogP contribution in [0, 0.1) is 0 Å². The lowest BCUT2D eigenvalue weighted by atomic mass is 9.58. The largest absolute Gasteiger partial charge is 0.456 e. The summed E-state index contributed by atoms with van der Waals surface area (Å²) in [6.45, 7) is 16.2. The number of thioether (sulfide) groups is 1.